The summed E-state index contributed by atoms with van der Waals surface area (Å²) < 4.78 is 6.31. The van der Waals surface area contributed by atoms with E-state index >= 15 is 0 Å². The van der Waals surface area contributed by atoms with Gasteiger partial charge in [0.2, 0.25) is 5.91 Å². The Morgan fingerprint density at radius 1 is 1.47 bits per heavy atom. The monoisotopic (exact) mass is 261 g/mol. The van der Waals surface area contributed by atoms with Gasteiger partial charge >= 0.3 is 0 Å². The third-order valence-electron chi connectivity index (χ3n) is 2.71. The van der Waals surface area contributed by atoms with E-state index in [1.54, 1.807) is 38.4 Å². The quantitative estimate of drug-likeness (QED) is 0.816. The molecule has 100 valence electrons. The number of hydrogen-bond donors (Lipinski definition) is 0. The number of hydrogen-bond acceptors (Lipinski definition) is 4. The molecule has 0 saturated carbocycles. The predicted molar refractivity (Wildman–Crippen MR) is 68.4 cm³/mol. The molecule has 0 radical (unpaired) electrons. The van der Waals surface area contributed by atoms with Crippen LogP contribution in [0.15, 0.2) is 39.8 Å². The van der Waals surface area contributed by atoms with E-state index < -0.39 is 0 Å². The lowest BCUT2D eigenvalue weighted by Gasteiger charge is -2.16. The first-order valence-corrected chi connectivity index (χ1v) is 5.88. The van der Waals surface area contributed by atoms with Gasteiger partial charge in [0.25, 0.3) is 5.56 Å². The highest BCUT2D eigenvalue weighted by atomic mass is 16.5. The first-order valence-electron chi connectivity index (χ1n) is 5.88. The number of aromatic nitrogens is 2. The van der Waals surface area contributed by atoms with E-state index in [0.29, 0.717) is 18.0 Å². The van der Waals surface area contributed by atoms with Gasteiger partial charge in [0.1, 0.15) is 18.0 Å². The smallest absolute Gasteiger partial charge is 0.250 e. The molecule has 2 heterocycles. The molecule has 0 aliphatic heterocycles. The third kappa shape index (κ3) is 3.31. The van der Waals surface area contributed by atoms with Gasteiger partial charge in [0, 0.05) is 25.4 Å². The van der Waals surface area contributed by atoms with E-state index in [-0.39, 0.29) is 18.0 Å². The topological polar surface area (TPSA) is 68.3 Å². The van der Waals surface area contributed by atoms with Crippen molar-refractivity contribution in [2.75, 3.05) is 7.05 Å². The van der Waals surface area contributed by atoms with E-state index in [1.165, 1.54) is 15.5 Å². The lowest BCUT2D eigenvalue weighted by molar-refractivity contribution is -0.131. The molecule has 1 amide bonds. The van der Waals surface area contributed by atoms with Crippen molar-refractivity contribution >= 4 is 5.91 Å². The second-order valence-electron chi connectivity index (χ2n) is 4.35. The Balaban J connectivity index is 2.00. The molecule has 0 unspecified atom stereocenters. The second kappa shape index (κ2) is 5.51. The summed E-state index contributed by atoms with van der Waals surface area (Å²) in [7, 11) is 1.67. The summed E-state index contributed by atoms with van der Waals surface area (Å²) in [6, 6.07) is 6.56. The van der Waals surface area contributed by atoms with Crippen LogP contribution in [-0.2, 0) is 17.9 Å². The molecule has 0 saturated heterocycles. The van der Waals surface area contributed by atoms with Crippen molar-refractivity contribution in [3.63, 3.8) is 0 Å². The SMILES string of the molecule is Cc1cc(CN(C)C(=O)Cn2ccccc2=O)no1. The minimum Gasteiger partial charge on any atom is -0.361 e. The summed E-state index contributed by atoms with van der Waals surface area (Å²) in [5.41, 5.74) is 0.496. The summed E-state index contributed by atoms with van der Waals surface area (Å²) in [5.74, 6) is 0.545. The maximum absolute atomic E-state index is 12.0. The Labute approximate surface area is 110 Å². The lowest BCUT2D eigenvalue weighted by Crippen LogP contribution is -2.33. The minimum absolute atomic E-state index is 0.0208. The van der Waals surface area contributed by atoms with Crippen LogP contribution in [0.2, 0.25) is 0 Å². The van der Waals surface area contributed by atoms with Crippen LogP contribution in [0.5, 0.6) is 0 Å². The van der Waals surface area contributed by atoms with Gasteiger partial charge in [-0.25, -0.2) is 0 Å². The molecule has 2 aromatic heterocycles. The van der Waals surface area contributed by atoms with E-state index in [4.69, 9.17) is 4.52 Å². The number of nitrogens with zero attached hydrogens (tertiary/aromatic N) is 3. The molecule has 2 aromatic rings. The Morgan fingerprint density at radius 2 is 2.26 bits per heavy atom. The van der Waals surface area contributed by atoms with Crippen LogP contribution in [0.25, 0.3) is 0 Å². The van der Waals surface area contributed by atoms with Gasteiger partial charge in [-0.3, -0.25) is 9.59 Å². The summed E-state index contributed by atoms with van der Waals surface area (Å²) in [6.07, 6.45) is 1.59. The first-order chi connectivity index (χ1) is 9.06. The van der Waals surface area contributed by atoms with Crippen molar-refractivity contribution in [1.82, 2.24) is 14.6 Å². The van der Waals surface area contributed by atoms with Crippen molar-refractivity contribution in [2.45, 2.75) is 20.0 Å². The maximum atomic E-state index is 12.0. The molecule has 0 spiro atoms. The van der Waals surface area contributed by atoms with Crippen LogP contribution in [0.3, 0.4) is 0 Å². The van der Waals surface area contributed by atoms with Crippen molar-refractivity contribution in [3.8, 4) is 0 Å². The second-order valence-corrected chi connectivity index (χ2v) is 4.35. The van der Waals surface area contributed by atoms with Crippen molar-refractivity contribution in [1.29, 1.82) is 0 Å². The maximum Gasteiger partial charge on any atom is 0.250 e. The Morgan fingerprint density at radius 3 is 2.89 bits per heavy atom. The van der Waals surface area contributed by atoms with Gasteiger partial charge in [-0.15, -0.1) is 0 Å². The number of rotatable bonds is 4. The average Bonchev–Trinajstić information content (AvgIpc) is 2.77. The van der Waals surface area contributed by atoms with Crippen LogP contribution >= 0.6 is 0 Å². The highest BCUT2D eigenvalue weighted by molar-refractivity contribution is 5.75. The number of carbonyl (C=O) groups excluding carboxylic acids is 1. The number of likely N-dealkylation sites (N-methyl/N-ethyl adjacent to an activating group) is 1. The summed E-state index contributed by atoms with van der Waals surface area (Å²) >= 11 is 0. The lowest BCUT2D eigenvalue weighted by atomic mass is 10.3. The molecule has 6 heteroatoms. The van der Waals surface area contributed by atoms with Crippen LogP contribution in [-0.4, -0.2) is 27.6 Å². The molecular weight excluding hydrogens is 246 g/mol. The fourth-order valence-electron chi connectivity index (χ4n) is 1.68. The molecule has 2 rings (SSSR count). The number of pyridine rings is 1. The molecule has 0 fully saturated rings. The zero-order chi connectivity index (χ0) is 13.8. The number of amides is 1. The molecule has 0 N–H and O–H groups in total. The highest BCUT2D eigenvalue weighted by Crippen LogP contribution is 2.04. The van der Waals surface area contributed by atoms with Gasteiger partial charge in [-0.2, -0.15) is 0 Å². The van der Waals surface area contributed by atoms with Crippen molar-refractivity contribution in [2.24, 2.45) is 0 Å². The first kappa shape index (κ1) is 13.1. The summed E-state index contributed by atoms with van der Waals surface area (Å²) in [4.78, 5) is 25.0. The highest BCUT2D eigenvalue weighted by Gasteiger charge is 2.12. The average molecular weight is 261 g/mol. The predicted octanol–water partition coefficient (Wildman–Crippen LogP) is 0.803. The van der Waals surface area contributed by atoms with Gasteiger partial charge in [-0.1, -0.05) is 11.2 Å². The van der Waals surface area contributed by atoms with Crippen LogP contribution in [0.4, 0.5) is 0 Å². The van der Waals surface area contributed by atoms with E-state index in [9.17, 15) is 9.59 Å². The molecular formula is C13H15N3O3. The molecule has 0 aliphatic carbocycles. The van der Waals surface area contributed by atoms with Gasteiger partial charge < -0.3 is 14.0 Å². The van der Waals surface area contributed by atoms with E-state index in [1.807, 2.05) is 0 Å². The fraction of sp³-hybridized carbons (Fsp3) is 0.308. The van der Waals surface area contributed by atoms with E-state index in [0.717, 1.165) is 0 Å². The standard InChI is InChI=1S/C13H15N3O3/c1-10-7-11(14-19-10)8-15(2)13(18)9-16-6-4-3-5-12(16)17/h3-7H,8-9H2,1-2H3. The van der Waals surface area contributed by atoms with E-state index in [2.05, 4.69) is 5.16 Å². The molecule has 0 aliphatic rings. The number of carbonyl (C=O) groups is 1. The largest absolute Gasteiger partial charge is 0.361 e. The fourth-order valence-corrected chi connectivity index (χ4v) is 1.68. The Bertz CT molecular complexity index is 630. The normalized spacial score (nSPS) is 10.4. The molecule has 0 bridgehead atoms. The molecule has 0 aromatic carbocycles. The van der Waals surface area contributed by atoms with Crippen LogP contribution < -0.4 is 5.56 Å². The zero-order valence-corrected chi connectivity index (χ0v) is 10.9. The van der Waals surface area contributed by atoms with Crippen LogP contribution in [0.1, 0.15) is 11.5 Å². The van der Waals surface area contributed by atoms with Crippen molar-refractivity contribution in [3.05, 3.63) is 52.3 Å². The Hall–Kier alpha value is -2.37. The van der Waals surface area contributed by atoms with Gasteiger partial charge in [0.05, 0.1) is 6.54 Å². The molecule has 19 heavy (non-hydrogen) atoms. The summed E-state index contributed by atoms with van der Waals surface area (Å²) in [6.45, 7) is 2.17. The van der Waals surface area contributed by atoms with Gasteiger partial charge in [0.15, 0.2) is 0 Å². The molecule has 0 atom stereocenters. The molecule has 6 nitrogen and oxygen atoms in total. The van der Waals surface area contributed by atoms with Crippen LogP contribution in [0, 0.1) is 6.92 Å². The number of aryl methyl sites for hydroxylation is 1. The Kier molecular flexibility index (Phi) is 3.79. The van der Waals surface area contributed by atoms with Crippen molar-refractivity contribution < 1.29 is 9.32 Å². The van der Waals surface area contributed by atoms with Gasteiger partial charge in [-0.05, 0) is 13.0 Å². The minimum atomic E-state index is -0.193. The summed E-state index contributed by atoms with van der Waals surface area (Å²) in [5, 5.41) is 3.83. The third-order valence-corrected chi connectivity index (χ3v) is 2.71. The zero-order valence-electron chi connectivity index (χ0n) is 10.9.